The Balaban J connectivity index is 3.81. The summed E-state index contributed by atoms with van der Waals surface area (Å²) in [6.07, 6.45) is 5.35. The van der Waals surface area contributed by atoms with E-state index in [2.05, 4.69) is 62.2 Å². The van der Waals surface area contributed by atoms with Crippen molar-refractivity contribution in [3.63, 3.8) is 0 Å². The molecule has 1 aliphatic rings. The van der Waals surface area contributed by atoms with Crippen molar-refractivity contribution in [1.29, 1.82) is 0 Å². The van der Waals surface area contributed by atoms with Gasteiger partial charge in [0.15, 0.2) is 0 Å². The number of rotatable bonds is 11. The van der Waals surface area contributed by atoms with Gasteiger partial charge >= 0.3 is 165 Å². The van der Waals surface area contributed by atoms with Gasteiger partial charge in [-0.05, 0) is 0 Å². The predicted molar refractivity (Wildman–Crippen MR) is 108 cm³/mol. The van der Waals surface area contributed by atoms with E-state index in [4.69, 9.17) is 0 Å². The van der Waals surface area contributed by atoms with E-state index in [1.54, 1.807) is 0 Å². The molecule has 0 spiro atoms. The van der Waals surface area contributed by atoms with Crippen molar-refractivity contribution in [2.24, 2.45) is 0 Å². The molecule has 1 rings (SSSR count). The van der Waals surface area contributed by atoms with E-state index in [0.29, 0.717) is 0 Å². The van der Waals surface area contributed by atoms with Gasteiger partial charge in [-0.15, -0.1) is 0 Å². The van der Waals surface area contributed by atoms with E-state index in [0.717, 1.165) is 50.1 Å². The summed E-state index contributed by atoms with van der Waals surface area (Å²) in [5.41, 5.74) is 0. The Morgan fingerprint density at radius 3 is 1.48 bits per heavy atom. The molecular weight excluding hydrogens is 453 g/mol. The third-order valence-electron chi connectivity index (χ3n) is 5.59. The second kappa shape index (κ2) is 10.3. The first kappa shape index (κ1) is 23.8. The minimum atomic E-state index is -3.39. The summed E-state index contributed by atoms with van der Waals surface area (Å²) in [6.45, 7) is 20.0. The van der Waals surface area contributed by atoms with Crippen LogP contribution in [0.1, 0.15) is 48.0 Å². The monoisotopic (exact) mass is 493 g/mol. The van der Waals surface area contributed by atoms with Crippen LogP contribution in [0, 0.1) is 0 Å². The standard InChI is InChI=1S/C7H10FGe.3C4H10N.Zr/c1-9(2,8)7-5-3-4-6-7;3*1-3-5-4-2;/h3,5H,4H2,1-2H3;3*3-4H2,1-2H3;/q;3*-1;+3. The quantitative estimate of drug-likeness (QED) is 0.382. The van der Waals surface area contributed by atoms with Crippen molar-refractivity contribution in [2.75, 3.05) is 39.3 Å². The number of allylic oxidation sites excluding steroid dienone is 4. The van der Waals surface area contributed by atoms with Gasteiger partial charge in [0.2, 0.25) is 0 Å². The molecule has 0 aliphatic heterocycles. The zero-order chi connectivity index (χ0) is 19.3. The van der Waals surface area contributed by atoms with Gasteiger partial charge in [-0.3, -0.25) is 0 Å². The molecule has 0 heterocycles. The number of nitrogens with zero attached hydrogens (tertiary/aromatic N) is 3. The molecule has 0 bridgehead atoms. The van der Waals surface area contributed by atoms with Crippen LogP contribution in [0.2, 0.25) is 11.5 Å². The molecule has 0 aromatic heterocycles. The van der Waals surface area contributed by atoms with Crippen LogP contribution >= 0.6 is 0 Å². The number of hydrogen-bond acceptors (Lipinski definition) is 3. The fraction of sp³-hybridized carbons (Fsp3) is 0.789. The third-order valence-corrected chi connectivity index (χ3v) is 24.9. The molecular formula is C19H40FGeN3Zr. The first-order valence-electron chi connectivity index (χ1n) is 10.1. The van der Waals surface area contributed by atoms with Crippen LogP contribution in [0.4, 0.5) is 3.50 Å². The Hall–Kier alpha value is 0.716. The molecule has 0 unspecified atom stereocenters. The molecule has 1 aliphatic carbocycles. The van der Waals surface area contributed by atoms with E-state index < -0.39 is 34.9 Å². The molecule has 0 radical (unpaired) electrons. The van der Waals surface area contributed by atoms with Gasteiger partial charge in [0, 0.05) is 0 Å². The minimum absolute atomic E-state index is 0.966. The molecule has 0 saturated carbocycles. The second-order valence-corrected chi connectivity index (χ2v) is 23.7. The van der Waals surface area contributed by atoms with Gasteiger partial charge in [-0.2, -0.15) is 0 Å². The Morgan fingerprint density at radius 2 is 1.20 bits per heavy atom. The maximum absolute atomic E-state index is 15.3. The van der Waals surface area contributed by atoms with Crippen LogP contribution in [0.25, 0.3) is 0 Å². The Kier molecular flexibility index (Phi) is 9.80. The molecule has 0 amide bonds. The SMILES string of the molecule is CC[N](CC)[Zr]([C]1=[C]([Ge]([CH3])([CH3])[F])C=CC1)([N](CC)CC)[N](CC)CC. The molecule has 0 atom stereocenters. The molecule has 0 saturated heterocycles. The summed E-state index contributed by atoms with van der Waals surface area (Å²) in [7, 11) is 0. The summed E-state index contributed by atoms with van der Waals surface area (Å²) < 4.78 is 26.3. The van der Waals surface area contributed by atoms with Gasteiger partial charge in [-0.25, -0.2) is 0 Å². The molecule has 6 heteroatoms. The third kappa shape index (κ3) is 4.59. The average Bonchev–Trinajstić information content (AvgIpc) is 3.07. The van der Waals surface area contributed by atoms with Crippen molar-refractivity contribution < 1.29 is 24.6 Å². The molecule has 0 aromatic carbocycles. The molecule has 0 fully saturated rings. The van der Waals surface area contributed by atoms with Gasteiger partial charge in [0.05, 0.1) is 0 Å². The summed E-state index contributed by atoms with van der Waals surface area (Å²) in [5.74, 6) is 3.82. The van der Waals surface area contributed by atoms with Gasteiger partial charge < -0.3 is 0 Å². The zero-order valence-electron chi connectivity index (χ0n) is 17.8. The van der Waals surface area contributed by atoms with Gasteiger partial charge in [0.25, 0.3) is 0 Å². The maximum atomic E-state index is 15.3. The van der Waals surface area contributed by atoms with Gasteiger partial charge in [-0.1, -0.05) is 0 Å². The summed E-state index contributed by atoms with van der Waals surface area (Å²) in [4.78, 5) is 0. The molecule has 3 nitrogen and oxygen atoms in total. The Labute approximate surface area is 164 Å². The normalized spacial score (nSPS) is 16.2. The fourth-order valence-corrected chi connectivity index (χ4v) is 27.5. The van der Waals surface area contributed by atoms with Crippen molar-refractivity contribution in [3.8, 4) is 0 Å². The van der Waals surface area contributed by atoms with Crippen LogP contribution in [0.5, 0.6) is 0 Å². The Bertz CT molecular complexity index is 444. The van der Waals surface area contributed by atoms with Gasteiger partial charge in [0.1, 0.15) is 0 Å². The second-order valence-electron chi connectivity index (χ2n) is 7.12. The van der Waals surface area contributed by atoms with Crippen LogP contribution < -0.4 is 0 Å². The summed E-state index contributed by atoms with van der Waals surface area (Å²) in [6, 6.07) is 0. The molecule has 25 heavy (non-hydrogen) atoms. The average molecular weight is 493 g/mol. The predicted octanol–water partition coefficient (Wildman–Crippen LogP) is 4.84. The number of hydrogen-bond donors (Lipinski definition) is 0. The number of halogens is 1. The topological polar surface area (TPSA) is 9.72 Å². The molecule has 0 aromatic rings. The van der Waals surface area contributed by atoms with Crippen LogP contribution in [-0.2, 0) is 21.1 Å². The fourth-order valence-electron chi connectivity index (χ4n) is 4.55. The summed E-state index contributed by atoms with van der Waals surface area (Å²) >= 11 is -6.71. The van der Waals surface area contributed by atoms with E-state index in [1.165, 1.54) is 3.28 Å². The van der Waals surface area contributed by atoms with E-state index in [-0.39, 0.29) is 0 Å². The zero-order valence-corrected chi connectivity index (χ0v) is 22.4. The van der Waals surface area contributed by atoms with E-state index in [9.17, 15) is 0 Å². The van der Waals surface area contributed by atoms with Crippen molar-refractivity contribution in [3.05, 3.63) is 19.8 Å². The first-order valence-corrected chi connectivity index (χ1v) is 20.7. The van der Waals surface area contributed by atoms with E-state index >= 15 is 3.50 Å². The van der Waals surface area contributed by atoms with Crippen LogP contribution in [-0.4, -0.2) is 61.5 Å². The molecule has 0 N–H and O–H groups in total. The Morgan fingerprint density at radius 1 is 0.840 bits per heavy atom. The van der Waals surface area contributed by atoms with Crippen molar-refractivity contribution >= 4 is 13.7 Å². The van der Waals surface area contributed by atoms with Crippen LogP contribution in [0.3, 0.4) is 0 Å². The molecule has 146 valence electrons. The summed E-state index contributed by atoms with van der Waals surface area (Å²) in [5, 5.41) is 0. The first-order chi connectivity index (χ1) is 11.8. The van der Waals surface area contributed by atoms with Crippen molar-refractivity contribution in [1.82, 2.24) is 8.53 Å². The van der Waals surface area contributed by atoms with E-state index in [1.807, 2.05) is 11.5 Å². The van der Waals surface area contributed by atoms with Crippen molar-refractivity contribution in [2.45, 2.75) is 59.5 Å². The van der Waals surface area contributed by atoms with Crippen LogP contribution in [0.15, 0.2) is 19.8 Å².